The largest absolute Gasteiger partial charge is 0.439 e. The van der Waals surface area contributed by atoms with Crippen molar-refractivity contribution < 1.29 is 8.91 Å². The van der Waals surface area contributed by atoms with Crippen molar-refractivity contribution in [1.29, 1.82) is 0 Å². The molecule has 10 heteroatoms. The van der Waals surface area contributed by atoms with Crippen LogP contribution in [0.5, 0.6) is 0 Å². The minimum absolute atomic E-state index is 0.213. The molecule has 0 aliphatic rings. The molecule has 3 aromatic carbocycles. The number of halogens is 1. The predicted octanol–water partition coefficient (Wildman–Crippen LogP) is 4.57. The summed E-state index contributed by atoms with van der Waals surface area (Å²) in [6.45, 7) is 2.05. The van der Waals surface area contributed by atoms with Gasteiger partial charge in [0.1, 0.15) is 12.1 Å². The second-order valence-corrected chi connectivity index (χ2v) is 9.13. The highest BCUT2D eigenvalue weighted by Crippen LogP contribution is 2.30. The molecule has 0 aliphatic heterocycles. The van der Waals surface area contributed by atoms with Crippen LogP contribution in [0.25, 0.3) is 34.0 Å². The van der Waals surface area contributed by atoms with E-state index < -0.39 is 5.76 Å². The maximum atomic E-state index is 13.9. The molecule has 9 nitrogen and oxygen atoms in total. The third-order valence-corrected chi connectivity index (χ3v) is 6.63. The second-order valence-electron chi connectivity index (χ2n) is 9.13. The first-order valence-corrected chi connectivity index (χ1v) is 12.5. The van der Waals surface area contributed by atoms with E-state index in [4.69, 9.17) is 0 Å². The molecule has 0 atom stereocenters. The Hall–Kier alpha value is -5.12. The number of aryl methyl sites for hydroxylation is 1. The van der Waals surface area contributed by atoms with Gasteiger partial charge in [-0.05, 0) is 47.4 Å². The summed E-state index contributed by atoms with van der Waals surface area (Å²) in [7, 11) is 0. The highest BCUT2D eigenvalue weighted by atomic mass is 19.1. The van der Waals surface area contributed by atoms with Crippen molar-refractivity contribution in [2.24, 2.45) is 0 Å². The van der Waals surface area contributed by atoms with E-state index in [0.717, 1.165) is 34.4 Å². The molecule has 194 valence electrons. The predicted molar refractivity (Wildman–Crippen MR) is 143 cm³/mol. The number of nitrogens with one attached hydrogen (secondary N) is 1. The number of aromatic amines is 1. The zero-order chi connectivity index (χ0) is 26.9. The lowest BCUT2D eigenvalue weighted by Crippen LogP contribution is -2.28. The normalized spacial score (nSPS) is 11.3. The van der Waals surface area contributed by atoms with Crippen molar-refractivity contribution in [1.82, 2.24) is 29.3 Å². The third-order valence-electron chi connectivity index (χ3n) is 6.63. The average molecular weight is 523 g/mol. The van der Waals surface area contributed by atoms with Gasteiger partial charge in [0, 0.05) is 17.5 Å². The van der Waals surface area contributed by atoms with Gasteiger partial charge in [-0.3, -0.25) is 14.3 Å². The van der Waals surface area contributed by atoms with E-state index in [0.29, 0.717) is 35.7 Å². The van der Waals surface area contributed by atoms with Gasteiger partial charge in [0.05, 0.1) is 11.4 Å². The minimum Gasteiger partial charge on any atom is -0.296 e. The Labute approximate surface area is 221 Å². The van der Waals surface area contributed by atoms with Crippen LogP contribution in [0.15, 0.2) is 93.2 Å². The van der Waals surface area contributed by atoms with E-state index in [2.05, 4.69) is 24.7 Å². The fourth-order valence-corrected chi connectivity index (χ4v) is 4.84. The highest BCUT2D eigenvalue weighted by Gasteiger charge is 2.20. The Balaban J connectivity index is 1.42. The number of hydrogen-bond donors (Lipinski definition) is 1. The molecular formula is C29H23FN6O3. The van der Waals surface area contributed by atoms with Crippen LogP contribution >= 0.6 is 0 Å². The molecule has 0 radical (unpaired) electrons. The van der Waals surface area contributed by atoms with E-state index in [1.807, 2.05) is 55.5 Å². The number of nitrogens with zero attached hydrogens (tertiary/aromatic N) is 5. The van der Waals surface area contributed by atoms with Crippen LogP contribution in [-0.4, -0.2) is 29.3 Å². The summed E-state index contributed by atoms with van der Waals surface area (Å²) in [5.74, 6) is -0.264. The smallest absolute Gasteiger partial charge is 0.296 e. The summed E-state index contributed by atoms with van der Waals surface area (Å²) in [5.41, 5.74) is 5.18. The topological polar surface area (TPSA) is 111 Å². The maximum absolute atomic E-state index is 13.9. The van der Waals surface area contributed by atoms with Crippen LogP contribution in [0.2, 0.25) is 0 Å². The highest BCUT2D eigenvalue weighted by molar-refractivity contribution is 5.80. The summed E-state index contributed by atoms with van der Waals surface area (Å²) in [6, 6.07) is 21.2. The molecule has 0 saturated carbocycles. The summed E-state index contributed by atoms with van der Waals surface area (Å²) in [5, 5.41) is 8.24. The Morgan fingerprint density at radius 1 is 0.949 bits per heavy atom. The maximum Gasteiger partial charge on any atom is 0.439 e. The zero-order valence-electron chi connectivity index (χ0n) is 21.0. The van der Waals surface area contributed by atoms with Crippen molar-refractivity contribution in [3.05, 3.63) is 123 Å². The van der Waals surface area contributed by atoms with Gasteiger partial charge in [-0.1, -0.05) is 67.0 Å². The molecule has 0 unspecified atom stereocenters. The number of H-pyrrole nitrogens is 1. The number of hydrogen-bond acceptors (Lipinski definition) is 6. The van der Waals surface area contributed by atoms with Gasteiger partial charge in [0.2, 0.25) is 5.78 Å². The number of aromatic nitrogens is 6. The lowest BCUT2D eigenvalue weighted by Gasteiger charge is -2.15. The summed E-state index contributed by atoms with van der Waals surface area (Å²) >= 11 is 0. The van der Waals surface area contributed by atoms with Crippen LogP contribution in [0, 0.1) is 5.82 Å². The summed E-state index contributed by atoms with van der Waals surface area (Å²) in [6.07, 6.45) is 3.27. The van der Waals surface area contributed by atoms with Crippen LogP contribution in [-0.2, 0) is 12.8 Å². The van der Waals surface area contributed by atoms with E-state index in [-0.39, 0.29) is 11.4 Å². The van der Waals surface area contributed by atoms with E-state index in [1.165, 1.54) is 23.0 Å². The molecule has 0 bridgehead atoms. The SMILES string of the molecule is CCCc1c(Cc2ccc(-c3ccccc3-c3noc(=O)[nH]3)cc2)c(=O)n(-c2ccc(F)cc2)c2ncnn12. The third kappa shape index (κ3) is 4.46. The van der Waals surface area contributed by atoms with E-state index in [9.17, 15) is 14.0 Å². The molecule has 3 aromatic heterocycles. The molecule has 39 heavy (non-hydrogen) atoms. The Morgan fingerprint density at radius 2 is 1.69 bits per heavy atom. The first-order valence-electron chi connectivity index (χ1n) is 12.5. The second kappa shape index (κ2) is 9.97. The number of benzene rings is 3. The van der Waals surface area contributed by atoms with Crippen molar-refractivity contribution in [3.8, 4) is 28.2 Å². The zero-order valence-corrected chi connectivity index (χ0v) is 21.0. The first-order chi connectivity index (χ1) is 19.0. The van der Waals surface area contributed by atoms with E-state index >= 15 is 0 Å². The lowest BCUT2D eigenvalue weighted by atomic mass is 9.96. The van der Waals surface area contributed by atoms with Gasteiger partial charge >= 0.3 is 5.76 Å². The fourth-order valence-electron chi connectivity index (χ4n) is 4.84. The molecule has 0 saturated heterocycles. The van der Waals surface area contributed by atoms with Gasteiger partial charge in [-0.15, -0.1) is 0 Å². The quantitative estimate of drug-likeness (QED) is 0.329. The van der Waals surface area contributed by atoms with Crippen LogP contribution in [0.1, 0.15) is 30.2 Å². The van der Waals surface area contributed by atoms with Gasteiger partial charge in [-0.2, -0.15) is 10.1 Å². The standard InChI is InChI=1S/C29H23FN6O3/c1-2-5-25-24(27(37)35(28-31-17-32-36(25)28)21-14-12-20(30)13-15-21)16-18-8-10-19(11-9-18)22-6-3-4-7-23(22)26-33-29(38)39-34-26/h3-4,6-15,17H,2,5,16H2,1H3,(H,33,34,38). The molecule has 0 amide bonds. The lowest BCUT2D eigenvalue weighted by molar-refractivity contribution is 0.388. The number of fused-ring (bicyclic) bond motifs is 1. The minimum atomic E-state index is -0.617. The molecule has 3 heterocycles. The van der Waals surface area contributed by atoms with Crippen LogP contribution < -0.4 is 11.3 Å². The Morgan fingerprint density at radius 3 is 2.38 bits per heavy atom. The van der Waals surface area contributed by atoms with Crippen molar-refractivity contribution in [2.75, 3.05) is 0 Å². The molecule has 6 rings (SSSR count). The summed E-state index contributed by atoms with van der Waals surface area (Å²) < 4.78 is 21.5. The van der Waals surface area contributed by atoms with Gasteiger partial charge in [0.25, 0.3) is 5.56 Å². The molecular weight excluding hydrogens is 499 g/mol. The van der Waals surface area contributed by atoms with Crippen molar-refractivity contribution in [2.45, 2.75) is 26.2 Å². The van der Waals surface area contributed by atoms with Gasteiger partial charge in [-0.25, -0.2) is 18.3 Å². The molecule has 6 aromatic rings. The fraction of sp³-hybridized carbons (Fsp3) is 0.138. The van der Waals surface area contributed by atoms with E-state index in [1.54, 1.807) is 16.6 Å². The average Bonchev–Trinajstić information content (AvgIpc) is 3.61. The monoisotopic (exact) mass is 522 g/mol. The van der Waals surface area contributed by atoms with Crippen molar-refractivity contribution in [3.63, 3.8) is 0 Å². The van der Waals surface area contributed by atoms with Crippen LogP contribution in [0.3, 0.4) is 0 Å². The van der Waals surface area contributed by atoms with Crippen LogP contribution in [0.4, 0.5) is 4.39 Å². The molecule has 1 N–H and O–H groups in total. The summed E-state index contributed by atoms with van der Waals surface area (Å²) in [4.78, 5) is 32.3. The molecule has 0 fully saturated rings. The molecule has 0 aliphatic carbocycles. The van der Waals surface area contributed by atoms with Gasteiger partial charge in [0.15, 0.2) is 5.82 Å². The van der Waals surface area contributed by atoms with Gasteiger partial charge < -0.3 is 0 Å². The number of rotatable bonds is 7. The Bertz CT molecular complexity index is 1900. The molecule has 0 spiro atoms. The first kappa shape index (κ1) is 24.2. The Kier molecular flexibility index (Phi) is 6.20. The van der Waals surface area contributed by atoms with Crippen molar-refractivity contribution >= 4 is 5.78 Å².